The van der Waals surface area contributed by atoms with Gasteiger partial charge in [0.1, 0.15) is 0 Å². The number of aliphatic hydroxyl groups excluding tert-OH is 1. The maximum absolute atomic E-state index is 9.88. The third kappa shape index (κ3) is 2.41. The molecule has 0 heterocycles. The van der Waals surface area contributed by atoms with Crippen molar-refractivity contribution in [3.05, 3.63) is 33.8 Å². The maximum atomic E-state index is 9.88. The van der Waals surface area contributed by atoms with E-state index in [2.05, 4.69) is 0 Å². The summed E-state index contributed by atoms with van der Waals surface area (Å²) in [6.45, 7) is 0. The molecular weight excluding hydrogens is 219 g/mol. The van der Waals surface area contributed by atoms with Crippen molar-refractivity contribution in [2.75, 3.05) is 0 Å². The number of hydrogen-bond acceptors (Lipinski definition) is 1. The molecule has 0 radical (unpaired) electrons. The summed E-state index contributed by atoms with van der Waals surface area (Å²) in [6, 6.07) is 5.24. The average molecular weight is 231 g/mol. The van der Waals surface area contributed by atoms with Gasteiger partial charge in [-0.1, -0.05) is 42.1 Å². The second-order valence-corrected chi connectivity index (χ2v) is 4.70. The normalized spacial score (nSPS) is 18.2. The minimum absolute atomic E-state index is 0.438. The minimum Gasteiger partial charge on any atom is -0.388 e. The fraction of sp³-hybridized carbons (Fsp3) is 0.455. The predicted octanol–water partition coefficient (Wildman–Crippen LogP) is 3.83. The van der Waals surface area contributed by atoms with Crippen molar-refractivity contribution in [1.29, 1.82) is 0 Å². The Morgan fingerprint density at radius 2 is 2.07 bits per heavy atom. The van der Waals surface area contributed by atoms with Gasteiger partial charge in [0, 0.05) is 10.0 Å². The molecule has 0 aromatic heterocycles. The van der Waals surface area contributed by atoms with E-state index >= 15 is 0 Å². The van der Waals surface area contributed by atoms with Crippen LogP contribution in [0, 0.1) is 5.92 Å². The lowest BCUT2D eigenvalue weighted by atomic mass is 10.0. The number of rotatable bonds is 3. The lowest BCUT2D eigenvalue weighted by Gasteiger charge is -2.12. The Morgan fingerprint density at radius 1 is 1.36 bits per heavy atom. The Labute approximate surface area is 93.7 Å². The van der Waals surface area contributed by atoms with Crippen molar-refractivity contribution >= 4 is 23.2 Å². The first-order chi connectivity index (χ1) is 6.66. The summed E-state index contributed by atoms with van der Waals surface area (Å²) in [6.07, 6.45) is 2.86. The summed E-state index contributed by atoms with van der Waals surface area (Å²) >= 11 is 11.8. The SMILES string of the molecule is OC(CC1CC1)c1ccc(Cl)cc1Cl. The van der Waals surface area contributed by atoms with Gasteiger partial charge in [-0.05, 0) is 30.0 Å². The lowest BCUT2D eigenvalue weighted by Crippen LogP contribution is -1.99. The van der Waals surface area contributed by atoms with E-state index in [1.165, 1.54) is 12.8 Å². The highest BCUT2D eigenvalue weighted by atomic mass is 35.5. The molecule has 1 N–H and O–H groups in total. The quantitative estimate of drug-likeness (QED) is 0.838. The van der Waals surface area contributed by atoms with Gasteiger partial charge < -0.3 is 5.11 Å². The number of hydrogen-bond donors (Lipinski definition) is 1. The van der Waals surface area contributed by atoms with E-state index in [1.54, 1.807) is 18.2 Å². The number of aliphatic hydroxyl groups is 1. The largest absolute Gasteiger partial charge is 0.388 e. The summed E-state index contributed by atoms with van der Waals surface area (Å²) < 4.78 is 0. The van der Waals surface area contributed by atoms with Crippen molar-refractivity contribution in [3.63, 3.8) is 0 Å². The molecule has 1 fully saturated rings. The van der Waals surface area contributed by atoms with Crippen LogP contribution in [0.25, 0.3) is 0 Å². The van der Waals surface area contributed by atoms with Crippen LogP contribution in [-0.2, 0) is 0 Å². The second-order valence-electron chi connectivity index (χ2n) is 3.86. The molecule has 1 aromatic rings. The molecule has 1 saturated carbocycles. The molecule has 76 valence electrons. The van der Waals surface area contributed by atoms with Crippen LogP contribution in [0.2, 0.25) is 10.0 Å². The Balaban J connectivity index is 2.13. The van der Waals surface area contributed by atoms with Crippen LogP contribution >= 0.6 is 23.2 Å². The summed E-state index contributed by atoms with van der Waals surface area (Å²) in [7, 11) is 0. The van der Waals surface area contributed by atoms with Crippen LogP contribution in [0.1, 0.15) is 30.9 Å². The van der Waals surface area contributed by atoms with Crippen molar-refractivity contribution in [2.24, 2.45) is 5.92 Å². The first-order valence-corrected chi connectivity index (χ1v) is 5.55. The van der Waals surface area contributed by atoms with Gasteiger partial charge in [-0.15, -0.1) is 0 Å². The van der Waals surface area contributed by atoms with Crippen LogP contribution in [0.4, 0.5) is 0 Å². The molecular formula is C11H12Cl2O. The van der Waals surface area contributed by atoms with E-state index in [4.69, 9.17) is 23.2 Å². The molecule has 0 saturated heterocycles. The van der Waals surface area contributed by atoms with Gasteiger partial charge in [0.2, 0.25) is 0 Å². The highest BCUT2D eigenvalue weighted by molar-refractivity contribution is 6.35. The zero-order valence-electron chi connectivity index (χ0n) is 7.71. The monoisotopic (exact) mass is 230 g/mol. The Morgan fingerprint density at radius 3 is 2.64 bits per heavy atom. The van der Waals surface area contributed by atoms with Gasteiger partial charge in [0.05, 0.1) is 6.10 Å². The van der Waals surface area contributed by atoms with Crippen molar-refractivity contribution in [2.45, 2.75) is 25.4 Å². The summed E-state index contributed by atoms with van der Waals surface area (Å²) in [5.41, 5.74) is 0.794. The molecule has 1 atom stereocenters. The van der Waals surface area contributed by atoms with Crippen molar-refractivity contribution in [3.8, 4) is 0 Å². The molecule has 0 aliphatic heterocycles. The fourth-order valence-electron chi connectivity index (χ4n) is 1.57. The van der Waals surface area contributed by atoms with E-state index in [-0.39, 0.29) is 0 Å². The molecule has 1 aromatic carbocycles. The Hall–Kier alpha value is -0.240. The molecule has 1 aliphatic carbocycles. The molecule has 1 aliphatic rings. The standard InChI is InChI=1S/C11H12Cl2O/c12-8-3-4-9(10(13)6-8)11(14)5-7-1-2-7/h3-4,6-7,11,14H,1-2,5H2. The van der Waals surface area contributed by atoms with E-state index in [0.29, 0.717) is 16.0 Å². The molecule has 1 unspecified atom stereocenters. The average Bonchev–Trinajstić information content (AvgIpc) is 2.87. The third-order valence-corrected chi connectivity index (χ3v) is 3.14. The minimum atomic E-state index is -0.438. The van der Waals surface area contributed by atoms with Crippen molar-refractivity contribution in [1.82, 2.24) is 0 Å². The van der Waals surface area contributed by atoms with E-state index in [0.717, 1.165) is 12.0 Å². The number of halogens is 2. The topological polar surface area (TPSA) is 20.2 Å². The second kappa shape index (κ2) is 4.09. The third-order valence-electron chi connectivity index (χ3n) is 2.58. The van der Waals surface area contributed by atoms with Crippen LogP contribution in [0.5, 0.6) is 0 Å². The smallest absolute Gasteiger partial charge is 0.0807 e. The summed E-state index contributed by atoms with van der Waals surface area (Å²) in [5.74, 6) is 0.691. The van der Waals surface area contributed by atoms with Crippen LogP contribution in [-0.4, -0.2) is 5.11 Å². The molecule has 2 rings (SSSR count). The van der Waals surface area contributed by atoms with Gasteiger partial charge >= 0.3 is 0 Å². The molecule has 14 heavy (non-hydrogen) atoms. The van der Waals surface area contributed by atoms with Crippen molar-refractivity contribution < 1.29 is 5.11 Å². The number of benzene rings is 1. The molecule has 0 bridgehead atoms. The Bertz CT molecular complexity index is 334. The molecule has 3 heteroatoms. The van der Waals surface area contributed by atoms with E-state index < -0.39 is 6.10 Å². The summed E-state index contributed by atoms with van der Waals surface area (Å²) in [4.78, 5) is 0. The summed E-state index contributed by atoms with van der Waals surface area (Å²) in [5, 5.41) is 11.0. The molecule has 1 nitrogen and oxygen atoms in total. The van der Waals surface area contributed by atoms with Crippen LogP contribution in [0.15, 0.2) is 18.2 Å². The fourth-order valence-corrected chi connectivity index (χ4v) is 2.10. The van der Waals surface area contributed by atoms with Gasteiger partial charge in [0.15, 0.2) is 0 Å². The zero-order chi connectivity index (χ0) is 10.1. The lowest BCUT2D eigenvalue weighted by molar-refractivity contribution is 0.160. The van der Waals surface area contributed by atoms with Gasteiger partial charge in [-0.2, -0.15) is 0 Å². The highest BCUT2D eigenvalue weighted by Crippen LogP contribution is 2.39. The Kier molecular flexibility index (Phi) is 3.01. The maximum Gasteiger partial charge on any atom is 0.0807 e. The first-order valence-electron chi connectivity index (χ1n) is 4.80. The van der Waals surface area contributed by atoms with Gasteiger partial charge in [-0.25, -0.2) is 0 Å². The predicted molar refractivity (Wildman–Crippen MR) is 58.8 cm³/mol. The molecule has 0 amide bonds. The zero-order valence-corrected chi connectivity index (χ0v) is 9.22. The van der Waals surface area contributed by atoms with Crippen LogP contribution in [0.3, 0.4) is 0 Å². The van der Waals surface area contributed by atoms with Crippen LogP contribution < -0.4 is 0 Å². The van der Waals surface area contributed by atoms with E-state index in [1.807, 2.05) is 0 Å². The molecule has 0 spiro atoms. The highest BCUT2D eigenvalue weighted by Gasteiger charge is 2.25. The van der Waals surface area contributed by atoms with E-state index in [9.17, 15) is 5.11 Å². The van der Waals surface area contributed by atoms with Gasteiger partial charge in [0.25, 0.3) is 0 Å². The first kappa shape index (κ1) is 10.3. The van der Waals surface area contributed by atoms with Gasteiger partial charge in [-0.3, -0.25) is 0 Å².